The Bertz CT molecular complexity index is 566. The lowest BCUT2D eigenvalue weighted by molar-refractivity contribution is 0.101. The summed E-state index contributed by atoms with van der Waals surface area (Å²) >= 11 is 0. The molecule has 1 aliphatic heterocycles. The lowest BCUT2D eigenvalue weighted by Crippen LogP contribution is -2.21. The van der Waals surface area contributed by atoms with Crippen LogP contribution in [0, 0.1) is 0 Å². The van der Waals surface area contributed by atoms with Crippen molar-refractivity contribution >= 4 is 17.3 Å². The normalized spacial score (nSPS) is 14.0. The summed E-state index contributed by atoms with van der Waals surface area (Å²) in [4.78, 5) is 13.9. The van der Waals surface area contributed by atoms with Crippen molar-refractivity contribution in [2.24, 2.45) is 0 Å². The average Bonchev–Trinajstić information content (AvgIpc) is 2.64. The van der Waals surface area contributed by atoms with E-state index >= 15 is 0 Å². The molecule has 0 fully saturated rings. The maximum Gasteiger partial charge on any atom is 0.263 e. The van der Waals surface area contributed by atoms with Crippen molar-refractivity contribution in [1.29, 1.82) is 0 Å². The summed E-state index contributed by atoms with van der Waals surface area (Å²) in [6.07, 6.45) is 0. The third-order valence-electron chi connectivity index (χ3n) is 2.96. The minimum absolute atomic E-state index is 0.00296. The highest BCUT2D eigenvalue weighted by Crippen LogP contribution is 2.35. The molecule has 2 heteroatoms. The largest absolute Gasteiger partial charge is 0.277 e. The van der Waals surface area contributed by atoms with Gasteiger partial charge in [0.25, 0.3) is 5.91 Å². The summed E-state index contributed by atoms with van der Waals surface area (Å²) in [7, 11) is 0. The highest BCUT2D eigenvalue weighted by molar-refractivity contribution is 6.21. The Labute approximate surface area is 99.8 Å². The van der Waals surface area contributed by atoms with E-state index in [0.717, 1.165) is 22.5 Å². The monoisotopic (exact) mass is 221 g/mol. The number of benzene rings is 2. The first kappa shape index (κ1) is 9.85. The van der Waals surface area contributed by atoms with Gasteiger partial charge in [-0.1, -0.05) is 43.0 Å². The molecule has 1 amide bonds. The molecule has 0 unspecified atom stereocenters. The van der Waals surface area contributed by atoms with Crippen LogP contribution >= 0.6 is 0 Å². The summed E-state index contributed by atoms with van der Waals surface area (Å²) in [6.45, 7) is 4.01. The first-order chi connectivity index (χ1) is 8.29. The van der Waals surface area contributed by atoms with Gasteiger partial charge in [-0.25, -0.2) is 0 Å². The molecule has 17 heavy (non-hydrogen) atoms. The summed E-state index contributed by atoms with van der Waals surface area (Å²) in [5.41, 5.74) is 3.25. The van der Waals surface area contributed by atoms with Crippen molar-refractivity contribution in [3.63, 3.8) is 0 Å². The van der Waals surface area contributed by atoms with Gasteiger partial charge in [-0.2, -0.15) is 0 Å². The van der Waals surface area contributed by atoms with Crippen LogP contribution in [0.25, 0.3) is 5.70 Å². The molecule has 82 valence electrons. The molecule has 1 aliphatic rings. The SMILES string of the molecule is C=C1c2ccccc2C(=O)N1c1ccccc1. The zero-order valence-corrected chi connectivity index (χ0v) is 9.26. The third-order valence-corrected chi connectivity index (χ3v) is 2.96. The zero-order valence-electron chi connectivity index (χ0n) is 9.26. The molecule has 2 aromatic carbocycles. The molecule has 0 saturated carbocycles. The predicted octanol–water partition coefficient (Wildman–Crippen LogP) is 3.32. The smallest absolute Gasteiger partial charge is 0.263 e. The molecular weight excluding hydrogens is 210 g/mol. The van der Waals surface area contributed by atoms with E-state index in [-0.39, 0.29) is 5.91 Å². The highest BCUT2D eigenvalue weighted by Gasteiger charge is 2.31. The average molecular weight is 221 g/mol. The van der Waals surface area contributed by atoms with Crippen LogP contribution in [0.2, 0.25) is 0 Å². The second kappa shape index (κ2) is 3.59. The first-order valence-electron chi connectivity index (χ1n) is 5.47. The number of nitrogens with zero attached hydrogens (tertiary/aromatic N) is 1. The minimum atomic E-state index is -0.00296. The van der Waals surface area contributed by atoms with E-state index in [1.54, 1.807) is 4.90 Å². The van der Waals surface area contributed by atoms with E-state index in [1.165, 1.54) is 0 Å². The van der Waals surface area contributed by atoms with Gasteiger partial charge >= 0.3 is 0 Å². The van der Waals surface area contributed by atoms with Crippen LogP contribution in [0.3, 0.4) is 0 Å². The van der Waals surface area contributed by atoms with Gasteiger partial charge in [0.05, 0.1) is 5.70 Å². The van der Waals surface area contributed by atoms with Crippen LogP contribution in [0.4, 0.5) is 5.69 Å². The highest BCUT2D eigenvalue weighted by atomic mass is 16.2. The molecular formula is C15H11NO. The van der Waals surface area contributed by atoms with Gasteiger partial charge in [-0.05, 0) is 18.2 Å². The summed E-state index contributed by atoms with van der Waals surface area (Å²) in [5.74, 6) is -0.00296. The minimum Gasteiger partial charge on any atom is -0.277 e. The second-order valence-corrected chi connectivity index (χ2v) is 3.97. The summed E-state index contributed by atoms with van der Waals surface area (Å²) < 4.78 is 0. The van der Waals surface area contributed by atoms with Gasteiger partial charge in [-0.3, -0.25) is 9.69 Å². The quantitative estimate of drug-likeness (QED) is 0.723. The summed E-state index contributed by atoms with van der Waals surface area (Å²) in [6, 6.07) is 17.1. The van der Waals surface area contributed by atoms with Crippen molar-refractivity contribution in [2.75, 3.05) is 4.90 Å². The fraction of sp³-hybridized carbons (Fsp3) is 0. The van der Waals surface area contributed by atoms with Gasteiger partial charge < -0.3 is 0 Å². The Morgan fingerprint density at radius 1 is 0.824 bits per heavy atom. The number of anilines is 1. The molecule has 0 N–H and O–H groups in total. The topological polar surface area (TPSA) is 20.3 Å². The van der Waals surface area contributed by atoms with Crippen molar-refractivity contribution in [3.05, 3.63) is 72.3 Å². The molecule has 0 saturated heterocycles. The molecule has 1 heterocycles. The predicted molar refractivity (Wildman–Crippen MR) is 68.7 cm³/mol. The van der Waals surface area contributed by atoms with Crippen LogP contribution in [-0.2, 0) is 0 Å². The van der Waals surface area contributed by atoms with Crippen molar-refractivity contribution in [2.45, 2.75) is 0 Å². The maximum absolute atomic E-state index is 12.3. The number of carbonyl (C=O) groups is 1. The molecule has 0 bridgehead atoms. The first-order valence-corrected chi connectivity index (χ1v) is 5.47. The molecule has 3 rings (SSSR count). The Kier molecular flexibility index (Phi) is 2.08. The van der Waals surface area contributed by atoms with Gasteiger partial charge in [0.2, 0.25) is 0 Å². The Morgan fingerprint density at radius 2 is 1.41 bits per heavy atom. The van der Waals surface area contributed by atoms with Gasteiger partial charge in [0.15, 0.2) is 0 Å². The number of amides is 1. The van der Waals surface area contributed by atoms with Crippen molar-refractivity contribution < 1.29 is 4.79 Å². The van der Waals surface area contributed by atoms with Crippen LogP contribution in [0.5, 0.6) is 0 Å². The van der Waals surface area contributed by atoms with E-state index < -0.39 is 0 Å². The number of hydrogen-bond acceptors (Lipinski definition) is 1. The lowest BCUT2D eigenvalue weighted by Gasteiger charge is -2.17. The van der Waals surface area contributed by atoms with Crippen LogP contribution < -0.4 is 4.90 Å². The fourth-order valence-electron chi connectivity index (χ4n) is 2.13. The number of fused-ring (bicyclic) bond motifs is 1. The lowest BCUT2D eigenvalue weighted by atomic mass is 10.1. The maximum atomic E-state index is 12.3. The molecule has 0 atom stereocenters. The van der Waals surface area contributed by atoms with E-state index in [0.29, 0.717) is 0 Å². The fourth-order valence-corrected chi connectivity index (χ4v) is 2.13. The van der Waals surface area contributed by atoms with Crippen molar-refractivity contribution in [1.82, 2.24) is 0 Å². The van der Waals surface area contributed by atoms with Gasteiger partial charge in [0.1, 0.15) is 0 Å². The van der Waals surface area contributed by atoms with Crippen molar-refractivity contribution in [3.8, 4) is 0 Å². The molecule has 0 radical (unpaired) electrons. The standard InChI is InChI=1S/C15H11NO/c1-11-13-9-5-6-10-14(13)15(17)16(11)12-7-3-2-4-8-12/h2-10H,1H2. The van der Waals surface area contributed by atoms with Crippen LogP contribution in [0.1, 0.15) is 15.9 Å². The van der Waals surface area contributed by atoms with E-state index in [1.807, 2.05) is 54.6 Å². The summed E-state index contributed by atoms with van der Waals surface area (Å²) in [5, 5.41) is 0. The van der Waals surface area contributed by atoms with E-state index in [9.17, 15) is 4.79 Å². The number of hydrogen-bond donors (Lipinski definition) is 0. The number of rotatable bonds is 1. The van der Waals surface area contributed by atoms with Gasteiger partial charge in [0, 0.05) is 16.8 Å². The molecule has 0 aromatic heterocycles. The second-order valence-electron chi connectivity index (χ2n) is 3.97. The van der Waals surface area contributed by atoms with E-state index in [2.05, 4.69) is 6.58 Å². The van der Waals surface area contributed by atoms with Gasteiger partial charge in [-0.15, -0.1) is 0 Å². The number of carbonyl (C=O) groups excluding carboxylic acids is 1. The zero-order chi connectivity index (χ0) is 11.8. The Hall–Kier alpha value is -2.35. The Balaban J connectivity index is 2.13. The third kappa shape index (κ3) is 1.38. The molecule has 0 aliphatic carbocycles. The van der Waals surface area contributed by atoms with Crippen LogP contribution in [0.15, 0.2) is 61.2 Å². The Morgan fingerprint density at radius 3 is 2.06 bits per heavy atom. The number of para-hydroxylation sites is 1. The molecule has 2 nitrogen and oxygen atoms in total. The van der Waals surface area contributed by atoms with E-state index in [4.69, 9.17) is 0 Å². The molecule has 0 spiro atoms. The van der Waals surface area contributed by atoms with Crippen LogP contribution in [-0.4, -0.2) is 5.91 Å². The molecule has 2 aromatic rings.